The molecule has 0 spiro atoms. The van der Waals surface area contributed by atoms with E-state index in [-0.39, 0.29) is 11.8 Å². The van der Waals surface area contributed by atoms with E-state index in [2.05, 4.69) is 62.5 Å². The van der Waals surface area contributed by atoms with Gasteiger partial charge in [0.15, 0.2) is 5.82 Å². The molecule has 3 N–H and O–H groups in total. The average Bonchev–Trinajstić information content (AvgIpc) is 3.11. The molecule has 0 bridgehead atoms. The summed E-state index contributed by atoms with van der Waals surface area (Å²) in [7, 11) is 0. The first-order valence-electron chi connectivity index (χ1n) is 13.4. The summed E-state index contributed by atoms with van der Waals surface area (Å²) in [6.45, 7) is 9.84. The second-order valence-electron chi connectivity index (χ2n) is 10.3. The lowest BCUT2D eigenvalue weighted by Crippen LogP contribution is -2.35. The highest BCUT2D eigenvalue weighted by molar-refractivity contribution is 5.74. The van der Waals surface area contributed by atoms with E-state index < -0.39 is 0 Å². The molecule has 1 aromatic carbocycles. The number of likely N-dealkylation sites (tertiary alicyclic amines) is 1. The van der Waals surface area contributed by atoms with Crippen molar-refractivity contribution in [1.29, 1.82) is 0 Å². The first kappa shape index (κ1) is 25.7. The van der Waals surface area contributed by atoms with Crippen LogP contribution in [-0.4, -0.2) is 74.5 Å². The zero-order chi connectivity index (χ0) is 26.6. The highest BCUT2D eigenvalue weighted by Gasteiger charge is 2.26. The summed E-state index contributed by atoms with van der Waals surface area (Å²) in [5, 5.41) is 18.7. The summed E-state index contributed by atoms with van der Waals surface area (Å²) in [6.07, 6.45) is 5.18. The molecule has 3 aromatic rings. The molecule has 198 valence electrons. The van der Waals surface area contributed by atoms with Crippen LogP contribution in [0.25, 0.3) is 11.3 Å². The maximum Gasteiger partial charge on any atom is 0.206 e. The van der Waals surface area contributed by atoms with E-state index in [0.29, 0.717) is 35.0 Å². The molecule has 0 aliphatic carbocycles. The maximum absolute atomic E-state index is 10.3. The second kappa shape index (κ2) is 11.2. The minimum atomic E-state index is 0.167. The number of aromatic hydroxyl groups is 1. The third kappa shape index (κ3) is 5.50. The fraction of sp³-hybridized carbons (Fsp3) is 0.448. The Labute approximate surface area is 224 Å². The lowest BCUT2D eigenvalue weighted by Gasteiger charge is -2.28. The molecule has 2 aliphatic rings. The fourth-order valence-corrected chi connectivity index (χ4v) is 5.45. The molecule has 9 heteroatoms. The van der Waals surface area contributed by atoms with Crippen molar-refractivity contribution in [3.05, 3.63) is 48.4 Å². The number of phenols is 1. The summed E-state index contributed by atoms with van der Waals surface area (Å²) in [5.41, 5.74) is 8.32. The molecule has 38 heavy (non-hydrogen) atoms. The summed E-state index contributed by atoms with van der Waals surface area (Å²) in [5.74, 6) is 8.48. The van der Waals surface area contributed by atoms with Gasteiger partial charge in [0.1, 0.15) is 11.6 Å². The molecule has 2 aliphatic heterocycles. The molecular weight excluding hydrogens is 476 g/mol. The van der Waals surface area contributed by atoms with Gasteiger partial charge >= 0.3 is 0 Å². The highest BCUT2D eigenvalue weighted by Crippen LogP contribution is 2.32. The van der Waals surface area contributed by atoms with Crippen LogP contribution in [0.4, 0.5) is 17.3 Å². The third-order valence-corrected chi connectivity index (χ3v) is 7.81. The Bertz CT molecular complexity index is 1330. The molecule has 0 saturated carbocycles. The second-order valence-corrected chi connectivity index (χ2v) is 10.3. The monoisotopic (exact) mass is 512 g/mol. The first-order chi connectivity index (χ1) is 18.4. The number of aromatic nitrogens is 4. The molecule has 2 aromatic heterocycles. The van der Waals surface area contributed by atoms with E-state index in [4.69, 9.17) is 10.7 Å². The highest BCUT2D eigenvalue weighted by atomic mass is 16.3. The number of rotatable bonds is 4. The Morgan fingerprint density at radius 3 is 2.55 bits per heavy atom. The van der Waals surface area contributed by atoms with Gasteiger partial charge in [-0.25, -0.2) is 9.97 Å². The normalized spacial score (nSPS) is 22.1. The zero-order valence-electron chi connectivity index (χ0n) is 22.4. The number of benzene rings is 1. The van der Waals surface area contributed by atoms with Crippen LogP contribution in [0.15, 0.2) is 42.6 Å². The van der Waals surface area contributed by atoms with Crippen LogP contribution in [0.5, 0.6) is 5.75 Å². The van der Waals surface area contributed by atoms with Gasteiger partial charge in [-0.15, -0.1) is 10.2 Å². The average molecular weight is 513 g/mol. The van der Waals surface area contributed by atoms with Crippen molar-refractivity contribution in [2.75, 3.05) is 41.7 Å². The number of anilines is 3. The van der Waals surface area contributed by atoms with E-state index in [1.807, 2.05) is 24.3 Å². The quantitative estimate of drug-likeness (QED) is 0.508. The lowest BCUT2D eigenvalue weighted by atomic mass is 10.1. The smallest absolute Gasteiger partial charge is 0.206 e. The fourth-order valence-electron chi connectivity index (χ4n) is 5.45. The largest absolute Gasteiger partial charge is 0.507 e. The van der Waals surface area contributed by atoms with E-state index >= 15 is 0 Å². The maximum atomic E-state index is 10.3. The number of hydrogen-bond donors (Lipinski definition) is 2. The Morgan fingerprint density at radius 2 is 1.76 bits per heavy atom. The SMILES string of the molecule is C[C@@H]1CCN(c2cc(-c3ccccc3O)nnc2N)CCN1c1ccnc(C#CCN2[C@@H](C)CC[C@@H]2C)n1. The minimum Gasteiger partial charge on any atom is -0.507 e. The molecule has 2 fully saturated rings. The number of hydrogen-bond acceptors (Lipinski definition) is 9. The van der Waals surface area contributed by atoms with Gasteiger partial charge in [0.25, 0.3) is 0 Å². The number of para-hydroxylation sites is 1. The van der Waals surface area contributed by atoms with Crippen molar-refractivity contribution in [2.45, 2.75) is 58.2 Å². The third-order valence-electron chi connectivity index (χ3n) is 7.81. The molecule has 4 heterocycles. The number of nitrogen functional groups attached to an aromatic ring is 1. The van der Waals surface area contributed by atoms with Crippen molar-refractivity contribution < 1.29 is 5.11 Å². The molecule has 5 rings (SSSR count). The van der Waals surface area contributed by atoms with Crippen LogP contribution < -0.4 is 15.5 Å². The standard InChI is InChI=1S/C29H36N8O/c1-20-10-11-21(2)36(20)15-6-9-27-31-14-12-28(32-27)37-18-17-35(16-13-22(37)3)25-19-24(33-34-29(25)30)23-7-4-5-8-26(23)38/h4-5,7-8,12,14,19-22,38H,10-11,13,15-18H2,1-3H3,(H2,30,34)/t20-,21-,22+/m0/s1. The number of phenolic OH excluding ortho intramolecular Hbond substituents is 1. The van der Waals surface area contributed by atoms with Gasteiger partial charge in [0.2, 0.25) is 5.82 Å². The van der Waals surface area contributed by atoms with Crippen LogP contribution in [0.1, 0.15) is 45.9 Å². The van der Waals surface area contributed by atoms with Crippen molar-refractivity contribution in [2.24, 2.45) is 0 Å². The van der Waals surface area contributed by atoms with E-state index in [1.165, 1.54) is 12.8 Å². The van der Waals surface area contributed by atoms with E-state index in [1.54, 1.807) is 18.3 Å². The molecular formula is C29H36N8O. The van der Waals surface area contributed by atoms with Gasteiger partial charge in [-0.2, -0.15) is 0 Å². The van der Waals surface area contributed by atoms with Crippen LogP contribution in [0, 0.1) is 11.8 Å². The first-order valence-corrected chi connectivity index (χ1v) is 13.4. The minimum absolute atomic E-state index is 0.167. The van der Waals surface area contributed by atoms with Gasteiger partial charge in [-0.3, -0.25) is 4.90 Å². The van der Waals surface area contributed by atoms with Gasteiger partial charge in [-0.1, -0.05) is 18.1 Å². The predicted molar refractivity (Wildman–Crippen MR) is 151 cm³/mol. The number of nitrogens with zero attached hydrogens (tertiary/aromatic N) is 7. The predicted octanol–water partition coefficient (Wildman–Crippen LogP) is 3.55. The Morgan fingerprint density at radius 1 is 0.974 bits per heavy atom. The lowest BCUT2D eigenvalue weighted by molar-refractivity contribution is 0.243. The molecule has 0 amide bonds. The number of nitrogens with two attached hydrogens (primary N) is 1. The topological polar surface area (TPSA) is 108 Å². The molecule has 3 atom stereocenters. The van der Waals surface area contributed by atoms with Gasteiger partial charge < -0.3 is 20.6 Å². The molecule has 9 nitrogen and oxygen atoms in total. The zero-order valence-corrected chi connectivity index (χ0v) is 22.4. The van der Waals surface area contributed by atoms with E-state index in [9.17, 15) is 5.11 Å². The summed E-state index contributed by atoms with van der Waals surface area (Å²) >= 11 is 0. The van der Waals surface area contributed by atoms with Gasteiger partial charge in [0.05, 0.1) is 17.9 Å². The molecule has 0 unspecified atom stereocenters. The van der Waals surface area contributed by atoms with Gasteiger partial charge in [-0.05, 0) is 70.2 Å². The van der Waals surface area contributed by atoms with E-state index in [0.717, 1.165) is 44.1 Å². The van der Waals surface area contributed by atoms with Crippen molar-refractivity contribution >= 4 is 17.3 Å². The van der Waals surface area contributed by atoms with Gasteiger partial charge in [0, 0.05) is 49.5 Å². The Kier molecular flexibility index (Phi) is 7.61. The van der Waals surface area contributed by atoms with Crippen LogP contribution in [0.2, 0.25) is 0 Å². The summed E-state index contributed by atoms with van der Waals surface area (Å²) < 4.78 is 0. The Balaban J connectivity index is 1.31. The summed E-state index contributed by atoms with van der Waals surface area (Å²) in [4.78, 5) is 16.2. The van der Waals surface area contributed by atoms with Crippen LogP contribution in [-0.2, 0) is 0 Å². The Hall–Kier alpha value is -3.90. The van der Waals surface area contributed by atoms with Crippen LogP contribution in [0.3, 0.4) is 0 Å². The van der Waals surface area contributed by atoms with Crippen molar-refractivity contribution in [3.8, 4) is 28.8 Å². The molecule has 2 saturated heterocycles. The van der Waals surface area contributed by atoms with Crippen LogP contribution >= 0.6 is 0 Å². The summed E-state index contributed by atoms with van der Waals surface area (Å²) in [6, 6.07) is 12.4. The molecule has 0 radical (unpaired) electrons. The van der Waals surface area contributed by atoms with Crippen molar-refractivity contribution in [1.82, 2.24) is 25.1 Å². The van der Waals surface area contributed by atoms with Crippen molar-refractivity contribution in [3.63, 3.8) is 0 Å².